The first-order valence-electron chi connectivity index (χ1n) is 7.59. The fourth-order valence-corrected chi connectivity index (χ4v) is 2.98. The van der Waals surface area contributed by atoms with Gasteiger partial charge >= 0.3 is 0 Å². The molecule has 1 aromatic heterocycles. The van der Waals surface area contributed by atoms with Crippen molar-refractivity contribution in [3.8, 4) is 23.1 Å². The Morgan fingerprint density at radius 2 is 2.23 bits per heavy atom. The molecule has 1 aromatic carbocycles. The Bertz CT molecular complexity index is 656. The van der Waals surface area contributed by atoms with Gasteiger partial charge in [-0.15, -0.1) is 0 Å². The minimum Gasteiger partial charge on any atom is -0.497 e. The van der Waals surface area contributed by atoms with Crippen LogP contribution in [0.1, 0.15) is 18.4 Å². The maximum Gasteiger partial charge on any atom is 0.118 e. The number of aromatic amines is 1. The van der Waals surface area contributed by atoms with E-state index in [1.54, 1.807) is 7.11 Å². The van der Waals surface area contributed by atoms with E-state index in [-0.39, 0.29) is 5.92 Å². The third-order valence-corrected chi connectivity index (χ3v) is 4.18. The van der Waals surface area contributed by atoms with E-state index in [0.29, 0.717) is 0 Å². The van der Waals surface area contributed by atoms with Crippen LogP contribution in [0.3, 0.4) is 0 Å². The van der Waals surface area contributed by atoms with E-state index >= 15 is 0 Å². The van der Waals surface area contributed by atoms with Crippen LogP contribution in [-0.2, 0) is 6.54 Å². The third-order valence-electron chi connectivity index (χ3n) is 4.18. The molecule has 0 bridgehead atoms. The molecule has 1 fully saturated rings. The summed E-state index contributed by atoms with van der Waals surface area (Å²) >= 11 is 0. The lowest BCUT2D eigenvalue weighted by Crippen LogP contribution is -2.34. The maximum atomic E-state index is 9.11. The van der Waals surface area contributed by atoms with Gasteiger partial charge in [-0.2, -0.15) is 10.4 Å². The summed E-state index contributed by atoms with van der Waals surface area (Å²) in [6.07, 6.45) is 3.99. The van der Waals surface area contributed by atoms with Crippen molar-refractivity contribution in [3.05, 3.63) is 36.0 Å². The first kappa shape index (κ1) is 14.6. The summed E-state index contributed by atoms with van der Waals surface area (Å²) in [5.41, 5.74) is 3.31. The van der Waals surface area contributed by atoms with Crippen LogP contribution < -0.4 is 4.74 Å². The fraction of sp³-hybridized carbons (Fsp3) is 0.412. The van der Waals surface area contributed by atoms with Crippen molar-refractivity contribution in [1.29, 1.82) is 5.26 Å². The summed E-state index contributed by atoms with van der Waals surface area (Å²) in [6.45, 7) is 2.73. The van der Waals surface area contributed by atoms with Crippen LogP contribution in [0, 0.1) is 17.2 Å². The van der Waals surface area contributed by atoms with Crippen LogP contribution in [-0.4, -0.2) is 35.3 Å². The molecule has 0 amide bonds. The second-order valence-corrected chi connectivity index (χ2v) is 5.70. The molecule has 0 saturated carbocycles. The number of ether oxygens (including phenoxy) is 1. The largest absolute Gasteiger partial charge is 0.497 e. The summed E-state index contributed by atoms with van der Waals surface area (Å²) < 4.78 is 5.20. The summed E-state index contributed by atoms with van der Waals surface area (Å²) in [4.78, 5) is 2.34. The van der Waals surface area contributed by atoms with Crippen molar-refractivity contribution in [2.75, 3.05) is 20.2 Å². The average Bonchev–Trinajstić information content (AvgIpc) is 3.03. The van der Waals surface area contributed by atoms with Gasteiger partial charge in [-0.05, 0) is 43.7 Å². The van der Waals surface area contributed by atoms with Gasteiger partial charge in [0.25, 0.3) is 0 Å². The van der Waals surface area contributed by atoms with E-state index in [1.807, 2.05) is 30.5 Å². The van der Waals surface area contributed by atoms with E-state index in [2.05, 4.69) is 21.2 Å². The number of nitrogens with one attached hydrogen (secondary N) is 1. The SMILES string of the molecule is COc1ccc(-c2[nH]ncc2CN2CCC[C@H](C#N)C2)cc1. The van der Waals surface area contributed by atoms with Crippen LogP contribution >= 0.6 is 0 Å². The van der Waals surface area contributed by atoms with E-state index < -0.39 is 0 Å². The zero-order valence-corrected chi connectivity index (χ0v) is 12.7. The van der Waals surface area contributed by atoms with E-state index in [4.69, 9.17) is 10.00 Å². The van der Waals surface area contributed by atoms with Gasteiger partial charge in [0.1, 0.15) is 5.75 Å². The number of hydrogen-bond acceptors (Lipinski definition) is 4. The quantitative estimate of drug-likeness (QED) is 0.942. The van der Waals surface area contributed by atoms with Gasteiger partial charge in [0.05, 0.1) is 31.0 Å². The normalized spacial score (nSPS) is 18.8. The highest BCUT2D eigenvalue weighted by Crippen LogP contribution is 2.26. The van der Waals surface area contributed by atoms with Crippen LogP contribution in [0.15, 0.2) is 30.5 Å². The highest BCUT2D eigenvalue weighted by Gasteiger charge is 2.21. The fourth-order valence-electron chi connectivity index (χ4n) is 2.98. The van der Waals surface area contributed by atoms with E-state index in [0.717, 1.165) is 49.5 Å². The molecular formula is C17H20N4O. The van der Waals surface area contributed by atoms with Gasteiger partial charge < -0.3 is 4.74 Å². The molecule has 0 aliphatic carbocycles. The number of benzene rings is 1. The Labute approximate surface area is 130 Å². The molecule has 1 aliphatic heterocycles. The minimum absolute atomic E-state index is 0.157. The molecule has 0 spiro atoms. The third kappa shape index (κ3) is 3.12. The molecule has 1 atom stereocenters. The highest BCUT2D eigenvalue weighted by molar-refractivity contribution is 5.63. The van der Waals surface area contributed by atoms with Gasteiger partial charge in [0.2, 0.25) is 0 Å². The van der Waals surface area contributed by atoms with Crippen molar-refractivity contribution in [2.24, 2.45) is 5.92 Å². The Hall–Kier alpha value is -2.32. The molecule has 1 saturated heterocycles. The van der Waals surface area contributed by atoms with Gasteiger partial charge in [-0.3, -0.25) is 10.00 Å². The maximum absolute atomic E-state index is 9.11. The molecule has 22 heavy (non-hydrogen) atoms. The Kier molecular flexibility index (Phi) is 4.40. The second kappa shape index (κ2) is 6.63. The number of likely N-dealkylation sites (tertiary alicyclic amines) is 1. The molecular weight excluding hydrogens is 276 g/mol. The minimum atomic E-state index is 0.157. The predicted molar refractivity (Wildman–Crippen MR) is 84.2 cm³/mol. The van der Waals surface area contributed by atoms with Crippen molar-refractivity contribution in [3.63, 3.8) is 0 Å². The molecule has 1 aliphatic rings. The molecule has 114 valence electrons. The van der Waals surface area contributed by atoms with Crippen LogP contribution in [0.5, 0.6) is 5.75 Å². The molecule has 2 aromatic rings. The van der Waals surface area contributed by atoms with Crippen LogP contribution in [0.25, 0.3) is 11.3 Å². The topological polar surface area (TPSA) is 64.9 Å². The molecule has 2 heterocycles. The second-order valence-electron chi connectivity index (χ2n) is 5.70. The predicted octanol–water partition coefficient (Wildman–Crippen LogP) is 2.82. The van der Waals surface area contributed by atoms with Crippen LogP contribution in [0.2, 0.25) is 0 Å². The smallest absolute Gasteiger partial charge is 0.118 e. The lowest BCUT2D eigenvalue weighted by Gasteiger charge is -2.29. The number of methoxy groups -OCH3 is 1. The number of piperidine rings is 1. The zero-order chi connectivity index (χ0) is 15.4. The lowest BCUT2D eigenvalue weighted by atomic mass is 9.99. The van der Waals surface area contributed by atoms with Gasteiger partial charge in [-0.25, -0.2) is 0 Å². The monoisotopic (exact) mass is 296 g/mol. The highest BCUT2D eigenvalue weighted by atomic mass is 16.5. The van der Waals surface area contributed by atoms with Crippen molar-refractivity contribution in [2.45, 2.75) is 19.4 Å². The number of aromatic nitrogens is 2. The summed E-state index contributed by atoms with van der Waals surface area (Å²) in [5.74, 6) is 1.00. The Morgan fingerprint density at radius 3 is 2.95 bits per heavy atom. The van der Waals surface area contributed by atoms with Crippen LogP contribution in [0.4, 0.5) is 0 Å². The Morgan fingerprint density at radius 1 is 1.41 bits per heavy atom. The van der Waals surface area contributed by atoms with Gasteiger partial charge in [0, 0.05) is 24.2 Å². The summed E-state index contributed by atoms with van der Waals surface area (Å²) in [6, 6.07) is 10.4. The van der Waals surface area contributed by atoms with E-state index in [1.165, 1.54) is 5.56 Å². The molecule has 0 radical (unpaired) electrons. The molecule has 5 nitrogen and oxygen atoms in total. The molecule has 5 heteroatoms. The number of hydrogen-bond donors (Lipinski definition) is 1. The lowest BCUT2D eigenvalue weighted by molar-refractivity contribution is 0.192. The Balaban J connectivity index is 1.75. The number of H-pyrrole nitrogens is 1. The van der Waals surface area contributed by atoms with Gasteiger partial charge in [0.15, 0.2) is 0 Å². The first-order chi connectivity index (χ1) is 10.8. The average molecular weight is 296 g/mol. The van der Waals surface area contributed by atoms with Crippen molar-refractivity contribution in [1.82, 2.24) is 15.1 Å². The number of nitriles is 1. The first-order valence-corrected chi connectivity index (χ1v) is 7.59. The van der Waals surface area contributed by atoms with Crippen molar-refractivity contribution >= 4 is 0 Å². The zero-order valence-electron chi connectivity index (χ0n) is 12.7. The number of rotatable bonds is 4. The van der Waals surface area contributed by atoms with Crippen molar-refractivity contribution < 1.29 is 4.74 Å². The molecule has 0 unspecified atom stereocenters. The van der Waals surface area contributed by atoms with Gasteiger partial charge in [-0.1, -0.05) is 0 Å². The molecule has 3 rings (SSSR count). The van der Waals surface area contributed by atoms with E-state index in [9.17, 15) is 0 Å². The molecule has 1 N–H and O–H groups in total. The summed E-state index contributed by atoms with van der Waals surface area (Å²) in [7, 11) is 1.67. The number of nitrogens with zero attached hydrogens (tertiary/aromatic N) is 3. The standard InChI is InChI=1S/C17H20N4O/c1-22-16-6-4-14(5-7-16)17-15(10-19-20-17)12-21-8-2-3-13(9-18)11-21/h4-7,10,13H,2-3,8,11-12H2,1H3,(H,19,20)/t13-/m1/s1. The summed E-state index contributed by atoms with van der Waals surface area (Å²) in [5, 5.41) is 16.4.